The van der Waals surface area contributed by atoms with Gasteiger partial charge in [-0.25, -0.2) is 4.79 Å². The summed E-state index contributed by atoms with van der Waals surface area (Å²) in [6, 6.07) is -1.08. The Morgan fingerprint density at radius 2 is 2.07 bits per heavy atom. The summed E-state index contributed by atoms with van der Waals surface area (Å²) in [7, 11) is 0. The Bertz CT molecular complexity index is 213. The van der Waals surface area contributed by atoms with Gasteiger partial charge in [0.15, 0.2) is 0 Å². The van der Waals surface area contributed by atoms with Crippen LogP contribution in [0.3, 0.4) is 0 Å². The van der Waals surface area contributed by atoms with Crippen LogP contribution in [-0.4, -0.2) is 34.5 Å². The van der Waals surface area contributed by atoms with Gasteiger partial charge in [-0.2, -0.15) is 8.78 Å². The Kier molecular flexibility index (Phi) is 6.18. The molecule has 0 heterocycles. The van der Waals surface area contributed by atoms with Crippen molar-refractivity contribution < 1.29 is 23.5 Å². The van der Waals surface area contributed by atoms with E-state index >= 15 is 0 Å². The van der Waals surface area contributed by atoms with Gasteiger partial charge in [-0.05, 0) is 6.42 Å². The standard InChI is InChI=1S/C7H11F2NO3S/c1-4(11)10-5(6(12)13)2-3-14-7(8)9/h5,7H,2-3H2,1H3,(H,10,11)(H,12,13). The molecule has 0 spiro atoms. The number of hydrogen-bond acceptors (Lipinski definition) is 3. The number of nitrogens with one attached hydrogen (secondary N) is 1. The zero-order valence-electron chi connectivity index (χ0n) is 7.50. The van der Waals surface area contributed by atoms with Gasteiger partial charge in [0.2, 0.25) is 5.91 Å². The summed E-state index contributed by atoms with van der Waals surface area (Å²) >= 11 is 0.356. The summed E-state index contributed by atoms with van der Waals surface area (Å²) < 4.78 is 23.4. The van der Waals surface area contributed by atoms with E-state index in [1.54, 1.807) is 0 Å². The van der Waals surface area contributed by atoms with Gasteiger partial charge in [-0.1, -0.05) is 11.8 Å². The highest BCUT2D eigenvalue weighted by Crippen LogP contribution is 2.15. The van der Waals surface area contributed by atoms with Gasteiger partial charge >= 0.3 is 5.97 Å². The van der Waals surface area contributed by atoms with Crippen molar-refractivity contribution >= 4 is 23.6 Å². The van der Waals surface area contributed by atoms with Gasteiger partial charge in [0.05, 0.1) is 0 Å². The van der Waals surface area contributed by atoms with Gasteiger partial charge in [-0.15, -0.1) is 0 Å². The smallest absolute Gasteiger partial charge is 0.326 e. The molecule has 0 saturated heterocycles. The van der Waals surface area contributed by atoms with E-state index in [1.807, 2.05) is 0 Å². The van der Waals surface area contributed by atoms with E-state index in [-0.39, 0.29) is 12.2 Å². The fourth-order valence-corrected chi connectivity index (χ4v) is 1.33. The summed E-state index contributed by atoms with van der Waals surface area (Å²) in [4.78, 5) is 21.0. The number of carbonyl (C=O) groups excluding carboxylic acids is 1. The molecule has 82 valence electrons. The van der Waals surface area contributed by atoms with Crippen molar-refractivity contribution in [1.82, 2.24) is 5.32 Å². The largest absolute Gasteiger partial charge is 0.480 e. The second-order valence-electron chi connectivity index (χ2n) is 2.51. The van der Waals surface area contributed by atoms with Crippen LogP contribution in [-0.2, 0) is 9.59 Å². The molecule has 0 aliphatic carbocycles. The third-order valence-corrected chi connectivity index (χ3v) is 2.05. The summed E-state index contributed by atoms with van der Waals surface area (Å²) in [6.07, 6.45) is -0.01000. The summed E-state index contributed by atoms with van der Waals surface area (Å²) in [5, 5.41) is 10.7. The minimum atomic E-state index is -2.51. The van der Waals surface area contributed by atoms with Crippen LogP contribution in [0, 0.1) is 0 Å². The third-order valence-electron chi connectivity index (χ3n) is 1.33. The maximum atomic E-state index is 11.7. The molecule has 0 aromatic rings. The van der Waals surface area contributed by atoms with Crippen molar-refractivity contribution in [3.63, 3.8) is 0 Å². The highest BCUT2D eigenvalue weighted by molar-refractivity contribution is 7.99. The van der Waals surface area contributed by atoms with Crippen molar-refractivity contribution in [1.29, 1.82) is 0 Å². The van der Waals surface area contributed by atoms with Gasteiger partial charge in [0.25, 0.3) is 5.76 Å². The van der Waals surface area contributed by atoms with Gasteiger partial charge < -0.3 is 10.4 Å². The number of halogens is 2. The van der Waals surface area contributed by atoms with Crippen LogP contribution in [0.2, 0.25) is 0 Å². The van der Waals surface area contributed by atoms with Crippen LogP contribution >= 0.6 is 11.8 Å². The fourth-order valence-electron chi connectivity index (χ4n) is 0.778. The van der Waals surface area contributed by atoms with Crippen LogP contribution in [0.1, 0.15) is 13.3 Å². The molecule has 2 N–H and O–H groups in total. The normalized spacial score (nSPS) is 12.6. The predicted molar refractivity (Wildman–Crippen MR) is 48.3 cm³/mol. The molecule has 0 fully saturated rings. The molecule has 4 nitrogen and oxygen atoms in total. The molecule has 0 aliphatic heterocycles. The Morgan fingerprint density at radius 1 is 1.50 bits per heavy atom. The SMILES string of the molecule is CC(=O)NC(CCSC(F)F)C(=O)O. The van der Waals surface area contributed by atoms with E-state index in [9.17, 15) is 18.4 Å². The topological polar surface area (TPSA) is 66.4 Å². The third kappa shape index (κ3) is 6.64. The number of carbonyl (C=O) groups is 2. The summed E-state index contributed by atoms with van der Waals surface area (Å²) in [5.74, 6) is -4.22. The fraction of sp³-hybridized carbons (Fsp3) is 0.714. The lowest BCUT2D eigenvalue weighted by Gasteiger charge is -2.12. The molecule has 0 saturated carbocycles. The maximum Gasteiger partial charge on any atom is 0.326 e. The number of amides is 1. The number of carboxylic acids is 1. The molecule has 0 bridgehead atoms. The predicted octanol–water partition coefficient (Wildman–Crippen LogP) is 0.922. The van der Waals surface area contributed by atoms with Crippen molar-refractivity contribution in [2.24, 2.45) is 0 Å². The van der Waals surface area contributed by atoms with Crippen LogP contribution in [0.15, 0.2) is 0 Å². The van der Waals surface area contributed by atoms with E-state index < -0.39 is 23.7 Å². The zero-order valence-corrected chi connectivity index (χ0v) is 8.31. The number of thioether (sulfide) groups is 1. The molecule has 1 atom stereocenters. The minimum Gasteiger partial charge on any atom is -0.480 e. The lowest BCUT2D eigenvalue weighted by Crippen LogP contribution is -2.39. The molecular weight excluding hydrogens is 216 g/mol. The number of carboxylic acid groups (broad SMARTS) is 1. The lowest BCUT2D eigenvalue weighted by atomic mass is 10.2. The molecule has 7 heteroatoms. The number of alkyl halides is 2. The average Bonchev–Trinajstić information content (AvgIpc) is 2.00. The van der Waals surface area contributed by atoms with Crippen LogP contribution in [0.5, 0.6) is 0 Å². The second-order valence-corrected chi connectivity index (χ2v) is 3.61. The van der Waals surface area contributed by atoms with Gasteiger partial charge in [-0.3, -0.25) is 4.79 Å². The molecule has 0 aromatic heterocycles. The minimum absolute atomic E-state index is 0.00505. The van der Waals surface area contributed by atoms with Crippen LogP contribution in [0.25, 0.3) is 0 Å². The van der Waals surface area contributed by atoms with Gasteiger partial charge in [0.1, 0.15) is 6.04 Å². The van der Waals surface area contributed by atoms with E-state index in [4.69, 9.17) is 5.11 Å². The highest BCUT2D eigenvalue weighted by atomic mass is 32.2. The average molecular weight is 227 g/mol. The highest BCUT2D eigenvalue weighted by Gasteiger charge is 2.18. The van der Waals surface area contributed by atoms with Crippen molar-refractivity contribution in [2.75, 3.05) is 5.75 Å². The molecule has 0 radical (unpaired) electrons. The molecule has 1 unspecified atom stereocenters. The van der Waals surface area contributed by atoms with Crippen LogP contribution in [0.4, 0.5) is 8.78 Å². The first-order valence-corrected chi connectivity index (χ1v) is 4.88. The second kappa shape index (κ2) is 6.58. The molecule has 0 rings (SSSR count). The van der Waals surface area contributed by atoms with Crippen molar-refractivity contribution in [3.05, 3.63) is 0 Å². The quantitative estimate of drug-likeness (QED) is 0.708. The van der Waals surface area contributed by atoms with Crippen LogP contribution < -0.4 is 5.32 Å². The number of hydrogen-bond donors (Lipinski definition) is 2. The first kappa shape index (κ1) is 13.2. The first-order chi connectivity index (χ1) is 6.43. The molecule has 0 aromatic carbocycles. The molecule has 14 heavy (non-hydrogen) atoms. The molecule has 1 amide bonds. The van der Waals surface area contributed by atoms with Crippen molar-refractivity contribution in [3.8, 4) is 0 Å². The number of rotatable bonds is 6. The monoisotopic (exact) mass is 227 g/mol. The lowest BCUT2D eigenvalue weighted by molar-refractivity contribution is -0.141. The number of aliphatic carboxylic acids is 1. The van der Waals surface area contributed by atoms with E-state index in [1.165, 1.54) is 6.92 Å². The zero-order chi connectivity index (χ0) is 11.1. The Labute approximate surface area is 84.1 Å². The Balaban J connectivity index is 3.86. The summed E-state index contributed by atoms with van der Waals surface area (Å²) in [6.45, 7) is 1.18. The van der Waals surface area contributed by atoms with Crippen molar-refractivity contribution in [2.45, 2.75) is 25.1 Å². The summed E-state index contributed by atoms with van der Waals surface area (Å²) in [5.41, 5.74) is 0. The first-order valence-electron chi connectivity index (χ1n) is 3.83. The molecular formula is C7H11F2NO3S. The Morgan fingerprint density at radius 3 is 2.43 bits per heavy atom. The van der Waals surface area contributed by atoms with E-state index in [0.29, 0.717) is 11.8 Å². The van der Waals surface area contributed by atoms with E-state index in [2.05, 4.69) is 5.32 Å². The van der Waals surface area contributed by atoms with Gasteiger partial charge in [0, 0.05) is 12.7 Å². The van der Waals surface area contributed by atoms with E-state index in [0.717, 1.165) is 0 Å². The molecule has 0 aliphatic rings. The Hall–Kier alpha value is -0.850. The maximum absolute atomic E-state index is 11.7.